The lowest BCUT2D eigenvalue weighted by Crippen LogP contribution is -2.42. The van der Waals surface area contributed by atoms with Crippen molar-refractivity contribution in [2.24, 2.45) is 0 Å². The summed E-state index contributed by atoms with van der Waals surface area (Å²) >= 11 is 0. The van der Waals surface area contributed by atoms with E-state index in [1.807, 2.05) is 27.7 Å². The number of esters is 2. The predicted molar refractivity (Wildman–Crippen MR) is 189 cm³/mol. The molecule has 0 N–H and O–H groups in total. The van der Waals surface area contributed by atoms with Crippen molar-refractivity contribution in [3.63, 3.8) is 0 Å². The van der Waals surface area contributed by atoms with Gasteiger partial charge in [-0.3, -0.25) is 4.79 Å². The maximum absolute atomic E-state index is 13.2. The Morgan fingerprint density at radius 1 is 0.640 bits per heavy atom. The maximum atomic E-state index is 13.2. The summed E-state index contributed by atoms with van der Waals surface area (Å²) in [5.41, 5.74) is -2.26. The van der Waals surface area contributed by atoms with Crippen LogP contribution in [0.2, 0.25) is 0 Å². The number of hydrogen-bond donors (Lipinski definition) is 0. The Kier molecular flexibility index (Phi) is 18.0. The summed E-state index contributed by atoms with van der Waals surface area (Å²) in [5, 5.41) is 0. The predicted octanol–water partition coefficient (Wildman–Crippen LogP) is 6.39. The van der Waals surface area contributed by atoms with Gasteiger partial charge >= 0.3 is 11.9 Å². The van der Waals surface area contributed by atoms with Crippen LogP contribution in [0.25, 0.3) is 0 Å². The lowest BCUT2D eigenvalue weighted by Gasteiger charge is -2.34. The Morgan fingerprint density at radius 3 is 1.72 bits per heavy atom. The van der Waals surface area contributed by atoms with Crippen molar-refractivity contribution in [1.29, 1.82) is 0 Å². The summed E-state index contributed by atoms with van der Waals surface area (Å²) in [6.45, 7) is 29.8. The highest BCUT2D eigenvalue weighted by atomic mass is 16.7. The zero-order valence-corrected chi connectivity index (χ0v) is 32.2. The van der Waals surface area contributed by atoms with E-state index in [1.165, 1.54) is 0 Å². The van der Waals surface area contributed by atoms with Gasteiger partial charge < -0.3 is 42.6 Å². The van der Waals surface area contributed by atoms with Crippen LogP contribution < -0.4 is 4.74 Å². The smallest absolute Gasteiger partial charge is 0.333 e. The lowest BCUT2D eigenvalue weighted by atomic mass is 9.96. The van der Waals surface area contributed by atoms with Crippen LogP contribution in [0.15, 0.2) is 48.6 Å². The van der Waals surface area contributed by atoms with Crippen LogP contribution >= 0.6 is 0 Å². The van der Waals surface area contributed by atoms with Gasteiger partial charge in [0.25, 0.3) is 0 Å². The Balaban J connectivity index is 2.51. The second kappa shape index (κ2) is 20.0. The fourth-order valence-corrected chi connectivity index (χ4v) is 4.40. The first kappa shape index (κ1) is 44.9. The topological polar surface area (TPSA) is 134 Å². The summed E-state index contributed by atoms with van der Waals surface area (Å²) in [6.07, 6.45) is -1.25. The minimum atomic E-state index is -1.15. The molecule has 0 aliphatic heterocycles. The molecule has 0 saturated carbocycles. The highest BCUT2D eigenvalue weighted by Gasteiger charge is 2.33. The zero-order valence-electron chi connectivity index (χ0n) is 32.2. The third-order valence-corrected chi connectivity index (χ3v) is 6.69. The van der Waals surface area contributed by atoms with E-state index in [0.717, 1.165) is 0 Å². The molecule has 0 fully saturated rings. The number of ether oxygens (including phenoxy) is 9. The van der Waals surface area contributed by atoms with Crippen molar-refractivity contribution in [2.75, 3.05) is 46.2 Å². The SMILES string of the molecule is C=C(C)C(=O)OCCOCCOC(C)OC(C)(C)C(=O)c1ccc(OCC(C)(C)OC(C)OC(C)(C)COCC(C)(C)OC(=O)C(=C)C)cc1. The van der Waals surface area contributed by atoms with Crippen LogP contribution in [-0.2, 0) is 47.5 Å². The van der Waals surface area contributed by atoms with Crippen LogP contribution in [0.3, 0.4) is 0 Å². The molecule has 1 aromatic carbocycles. The first-order valence-corrected chi connectivity index (χ1v) is 16.7. The summed E-state index contributed by atoms with van der Waals surface area (Å²) in [4.78, 5) is 36.5. The summed E-state index contributed by atoms with van der Waals surface area (Å²) < 4.78 is 51.3. The van der Waals surface area contributed by atoms with Crippen molar-refractivity contribution >= 4 is 17.7 Å². The standard InChI is InChI=1S/C38H60O12/c1-26(2)33(40)45-22-20-42-19-21-44-28(5)49-38(13,14)32(39)30-15-17-31(18-16-30)46-25-37(11,12)48-29(6)47-35(7,8)23-43-24-36(9,10)50-34(41)27(3)4/h15-18,28-29H,1,3,19-25H2,2,4-14H3. The molecular weight excluding hydrogens is 648 g/mol. The molecule has 0 radical (unpaired) electrons. The molecule has 1 aromatic rings. The highest BCUT2D eigenvalue weighted by molar-refractivity contribution is 6.02. The van der Waals surface area contributed by atoms with Gasteiger partial charge in [-0.1, -0.05) is 13.2 Å². The lowest BCUT2D eigenvalue weighted by molar-refractivity contribution is -0.248. The van der Waals surface area contributed by atoms with E-state index in [0.29, 0.717) is 22.5 Å². The molecule has 0 saturated heterocycles. The average Bonchev–Trinajstić information content (AvgIpc) is 2.97. The molecule has 0 bridgehead atoms. The van der Waals surface area contributed by atoms with E-state index < -0.39 is 46.9 Å². The third kappa shape index (κ3) is 18.2. The number of benzene rings is 1. The summed E-state index contributed by atoms with van der Waals surface area (Å²) in [7, 11) is 0. The van der Waals surface area contributed by atoms with Gasteiger partial charge in [0, 0.05) is 16.7 Å². The molecule has 50 heavy (non-hydrogen) atoms. The minimum absolute atomic E-state index is 0.123. The van der Waals surface area contributed by atoms with Gasteiger partial charge in [0.05, 0.1) is 44.2 Å². The highest BCUT2D eigenvalue weighted by Crippen LogP contribution is 2.24. The molecule has 12 nitrogen and oxygen atoms in total. The molecule has 2 unspecified atom stereocenters. The van der Waals surface area contributed by atoms with Crippen molar-refractivity contribution in [3.05, 3.63) is 54.1 Å². The zero-order chi connectivity index (χ0) is 38.3. The molecule has 0 amide bonds. The van der Waals surface area contributed by atoms with Gasteiger partial charge in [0.15, 0.2) is 18.4 Å². The Bertz CT molecular complexity index is 1260. The molecule has 284 valence electrons. The van der Waals surface area contributed by atoms with Crippen LogP contribution in [0.4, 0.5) is 0 Å². The Morgan fingerprint density at radius 2 is 1.16 bits per heavy atom. The van der Waals surface area contributed by atoms with Gasteiger partial charge in [0.1, 0.15) is 30.2 Å². The maximum Gasteiger partial charge on any atom is 0.333 e. The average molecular weight is 709 g/mol. The van der Waals surface area contributed by atoms with E-state index in [1.54, 1.807) is 79.7 Å². The Hall–Kier alpha value is -3.13. The van der Waals surface area contributed by atoms with Gasteiger partial charge in [-0.2, -0.15) is 0 Å². The fraction of sp³-hybridized carbons (Fsp3) is 0.658. The summed E-state index contributed by atoms with van der Waals surface area (Å²) in [6, 6.07) is 6.82. The molecule has 1 rings (SSSR count). The van der Waals surface area contributed by atoms with Crippen LogP contribution in [0.1, 0.15) is 93.4 Å². The van der Waals surface area contributed by atoms with E-state index in [9.17, 15) is 14.4 Å². The van der Waals surface area contributed by atoms with E-state index in [2.05, 4.69) is 13.2 Å². The second-order valence-electron chi connectivity index (χ2n) is 14.5. The molecular formula is C38H60O12. The molecule has 2 atom stereocenters. The van der Waals surface area contributed by atoms with Crippen LogP contribution in [-0.4, -0.2) is 99.0 Å². The molecule has 0 aliphatic carbocycles. The fourth-order valence-electron chi connectivity index (χ4n) is 4.40. The molecule has 0 heterocycles. The van der Waals surface area contributed by atoms with Gasteiger partial charge in [-0.05, 0) is 107 Å². The Labute approximate surface area is 298 Å². The van der Waals surface area contributed by atoms with Gasteiger partial charge in [-0.25, -0.2) is 9.59 Å². The minimum Gasteiger partial charge on any atom is -0.491 e. The van der Waals surface area contributed by atoms with E-state index in [-0.39, 0.29) is 52.0 Å². The first-order chi connectivity index (χ1) is 23.0. The quantitative estimate of drug-likeness (QED) is 0.0366. The number of hydrogen-bond acceptors (Lipinski definition) is 12. The van der Waals surface area contributed by atoms with Gasteiger partial charge in [-0.15, -0.1) is 0 Å². The van der Waals surface area contributed by atoms with E-state index >= 15 is 0 Å². The van der Waals surface area contributed by atoms with Crippen molar-refractivity contribution < 1.29 is 57.0 Å². The number of carbonyl (C=O) groups excluding carboxylic acids is 3. The first-order valence-electron chi connectivity index (χ1n) is 16.7. The number of rotatable bonds is 25. The second-order valence-corrected chi connectivity index (χ2v) is 14.5. The molecule has 0 aliphatic rings. The van der Waals surface area contributed by atoms with Crippen molar-refractivity contribution in [2.45, 2.75) is 118 Å². The van der Waals surface area contributed by atoms with Crippen molar-refractivity contribution in [1.82, 2.24) is 0 Å². The van der Waals surface area contributed by atoms with Crippen LogP contribution in [0, 0.1) is 0 Å². The number of ketones is 1. The molecule has 0 aromatic heterocycles. The molecule has 12 heteroatoms. The number of carbonyl (C=O) groups is 3. The van der Waals surface area contributed by atoms with Gasteiger partial charge in [0.2, 0.25) is 0 Å². The number of Topliss-reactive ketones (excluding diaryl/α,β-unsaturated/α-hetero) is 1. The van der Waals surface area contributed by atoms with E-state index in [4.69, 9.17) is 42.6 Å². The summed E-state index contributed by atoms with van der Waals surface area (Å²) in [5.74, 6) is -0.569. The monoisotopic (exact) mass is 708 g/mol. The normalized spacial score (nSPS) is 13.7. The van der Waals surface area contributed by atoms with Crippen molar-refractivity contribution in [3.8, 4) is 5.75 Å². The van der Waals surface area contributed by atoms with Crippen LogP contribution in [0.5, 0.6) is 5.75 Å². The molecule has 0 spiro atoms. The third-order valence-electron chi connectivity index (χ3n) is 6.69. The largest absolute Gasteiger partial charge is 0.491 e.